The number of methoxy groups -OCH3 is 1. The molecule has 6 heteroatoms. The van der Waals surface area contributed by atoms with Crippen LogP contribution in [0.25, 0.3) is 0 Å². The molecule has 0 aliphatic carbocycles. The largest absolute Gasteiger partial charge is 0.495 e. The molecule has 0 spiro atoms. The van der Waals surface area contributed by atoms with Gasteiger partial charge in [0.2, 0.25) is 0 Å². The second-order valence-corrected chi connectivity index (χ2v) is 6.44. The van der Waals surface area contributed by atoms with Crippen LogP contribution < -0.4 is 10.1 Å². The maximum absolute atomic E-state index is 5.49. The molecule has 2 rings (SSSR count). The highest BCUT2D eigenvalue weighted by Gasteiger charge is 2.18. The number of hydrogen-bond acceptors (Lipinski definition) is 3. The minimum Gasteiger partial charge on any atom is -0.495 e. The molecule has 1 aliphatic heterocycles. The molecule has 0 saturated carbocycles. The Morgan fingerprint density at radius 2 is 2.16 bits per heavy atom. The van der Waals surface area contributed by atoms with E-state index >= 15 is 0 Å². The fraction of sp³-hybridized carbons (Fsp3) is 0.538. The van der Waals surface area contributed by atoms with Crippen LogP contribution in [0, 0.1) is 0 Å². The highest BCUT2D eigenvalue weighted by molar-refractivity contribution is 9.11. The maximum Gasteiger partial charge on any atom is 0.137 e. The van der Waals surface area contributed by atoms with Crippen LogP contribution in [0.5, 0.6) is 5.75 Å². The molecule has 1 atom stereocenters. The van der Waals surface area contributed by atoms with Gasteiger partial charge in [-0.2, -0.15) is 0 Å². The molecule has 1 heterocycles. The monoisotopic (exact) mass is 412 g/mol. The van der Waals surface area contributed by atoms with Crippen LogP contribution in [-0.4, -0.2) is 37.7 Å². The van der Waals surface area contributed by atoms with Crippen LogP contribution in [0.3, 0.4) is 0 Å². The van der Waals surface area contributed by atoms with E-state index in [1.165, 1.54) is 5.56 Å². The van der Waals surface area contributed by atoms with Crippen molar-refractivity contribution in [2.24, 2.45) is 0 Å². The van der Waals surface area contributed by atoms with Crippen molar-refractivity contribution in [2.45, 2.75) is 19.5 Å². The summed E-state index contributed by atoms with van der Waals surface area (Å²) in [7, 11) is 1.72. The number of ether oxygens (including phenoxy) is 1. The van der Waals surface area contributed by atoms with Crippen molar-refractivity contribution in [1.82, 2.24) is 10.2 Å². The van der Waals surface area contributed by atoms with Gasteiger partial charge in [-0.3, -0.25) is 4.90 Å². The zero-order chi connectivity index (χ0) is 13.1. The number of nitrogens with one attached hydrogen (secondary N) is 1. The maximum atomic E-state index is 5.49. The van der Waals surface area contributed by atoms with Crippen molar-refractivity contribution in [3.63, 3.8) is 0 Å². The summed E-state index contributed by atoms with van der Waals surface area (Å²) in [5, 5.41) is 3.46. The Balaban J connectivity index is 0.00000180. The molecule has 3 nitrogen and oxygen atoms in total. The van der Waals surface area contributed by atoms with E-state index in [0.29, 0.717) is 6.04 Å². The number of piperazine rings is 1. The summed E-state index contributed by atoms with van der Waals surface area (Å²) in [5.41, 5.74) is 1.22. The molecular weight excluding hydrogens is 395 g/mol. The number of benzene rings is 1. The highest BCUT2D eigenvalue weighted by Crippen LogP contribution is 2.33. The topological polar surface area (TPSA) is 24.5 Å². The first-order chi connectivity index (χ1) is 8.60. The third-order valence-electron chi connectivity index (χ3n) is 3.14. The van der Waals surface area contributed by atoms with E-state index in [1.807, 2.05) is 6.07 Å². The Labute approximate surface area is 137 Å². The van der Waals surface area contributed by atoms with Gasteiger partial charge in [0.05, 0.1) is 11.6 Å². The third kappa shape index (κ3) is 4.60. The highest BCUT2D eigenvalue weighted by atomic mass is 79.9. The first kappa shape index (κ1) is 17.2. The summed E-state index contributed by atoms with van der Waals surface area (Å²) in [6.07, 6.45) is 0. The number of halogens is 3. The molecule has 1 aliphatic rings. The third-order valence-corrected chi connectivity index (χ3v) is 4.18. The lowest BCUT2D eigenvalue weighted by Crippen LogP contribution is -2.48. The Morgan fingerprint density at radius 1 is 1.42 bits per heavy atom. The lowest BCUT2D eigenvalue weighted by Gasteiger charge is -2.32. The zero-order valence-corrected chi connectivity index (χ0v) is 15.1. The normalized spacial score (nSPS) is 19.9. The molecule has 1 saturated heterocycles. The van der Waals surface area contributed by atoms with E-state index in [-0.39, 0.29) is 12.4 Å². The standard InChI is InChI=1S/C13H18Br2N2O.ClH/c1-9-7-17(4-3-16-9)8-10-5-11(14)6-12(15)13(10)18-2;/h5-6,9,16H,3-4,7-8H2,1-2H3;1H. The average molecular weight is 415 g/mol. The molecule has 1 aromatic rings. The summed E-state index contributed by atoms with van der Waals surface area (Å²) in [4.78, 5) is 2.46. The lowest BCUT2D eigenvalue weighted by molar-refractivity contribution is 0.197. The summed E-state index contributed by atoms with van der Waals surface area (Å²) in [5.74, 6) is 0.935. The molecular formula is C13H19Br2ClN2O. The molecule has 19 heavy (non-hydrogen) atoms. The predicted molar refractivity (Wildman–Crippen MR) is 88.4 cm³/mol. The van der Waals surface area contributed by atoms with Gasteiger partial charge in [-0.05, 0) is 35.0 Å². The van der Waals surface area contributed by atoms with Gasteiger partial charge < -0.3 is 10.1 Å². The zero-order valence-electron chi connectivity index (χ0n) is 11.1. The molecule has 108 valence electrons. The lowest BCUT2D eigenvalue weighted by atomic mass is 10.1. The van der Waals surface area contributed by atoms with Crippen LogP contribution in [-0.2, 0) is 6.54 Å². The second-order valence-electron chi connectivity index (χ2n) is 4.67. The summed E-state index contributed by atoms with van der Waals surface area (Å²) >= 11 is 7.09. The van der Waals surface area contributed by atoms with Crippen molar-refractivity contribution >= 4 is 44.3 Å². The van der Waals surface area contributed by atoms with Gasteiger partial charge >= 0.3 is 0 Å². The first-order valence-electron chi connectivity index (χ1n) is 6.08. The molecule has 1 aromatic carbocycles. The predicted octanol–water partition coefficient (Wildman–Crippen LogP) is 3.44. The van der Waals surface area contributed by atoms with Gasteiger partial charge in [-0.25, -0.2) is 0 Å². The van der Waals surface area contributed by atoms with Gasteiger partial charge in [0.1, 0.15) is 5.75 Å². The van der Waals surface area contributed by atoms with Gasteiger partial charge in [0.15, 0.2) is 0 Å². The van der Waals surface area contributed by atoms with Crippen LogP contribution in [0.15, 0.2) is 21.1 Å². The van der Waals surface area contributed by atoms with E-state index in [9.17, 15) is 0 Å². The quantitative estimate of drug-likeness (QED) is 0.820. The van der Waals surface area contributed by atoms with E-state index in [2.05, 4.69) is 55.1 Å². The van der Waals surface area contributed by atoms with E-state index in [4.69, 9.17) is 4.74 Å². The van der Waals surface area contributed by atoms with Crippen molar-refractivity contribution in [1.29, 1.82) is 0 Å². The van der Waals surface area contributed by atoms with Crippen molar-refractivity contribution < 1.29 is 4.74 Å². The van der Waals surface area contributed by atoms with E-state index < -0.39 is 0 Å². The van der Waals surface area contributed by atoms with Crippen LogP contribution in [0.1, 0.15) is 12.5 Å². The van der Waals surface area contributed by atoms with Gasteiger partial charge in [0.25, 0.3) is 0 Å². The van der Waals surface area contributed by atoms with Crippen LogP contribution in [0.4, 0.5) is 0 Å². The second kappa shape index (κ2) is 7.84. The van der Waals surface area contributed by atoms with Gasteiger partial charge in [-0.15, -0.1) is 12.4 Å². The molecule has 0 aromatic heterocycles. The minimum atomic E-state index is 0. The Morgan fingerprint density at radius 3 is 2.79 bits per heavy atom. The molecule has 1 fully saturated rings. The first-order valence-corrected chi connectivity index (χ1v) is 7.66. The number of hydrogen-bond donors (Lipinski definition) is 1. The SMILES string of the molecule is COc1c(Br)cc(Br)cc1CN1CCNC(C)C1.Cl. The summed E-state index contributed by atoms with van der Waals surface area (Å²) < 4.78 is 7.56. The van der Waals surface area contributed by atoms with E-state index in [0.717, 1.165) is 40.9 Å². The average Bonchev–Trinajstić information content (AvgIpc) is 2.28. The van der Waals surface area contributed by atoms with E-state index in [1.54, 1.807) is 7.11 Å². The Kier molecular flexibility index (Phi) is 7.11. The van der Waals surface area contributed by atoms with Gasteiger partial charge in [0, 0.05) is 42.3 Å². The summed E-state index contributed by atoms with van der Waals surface area (Å²) in [6, 6.07) is 4.71. The molecule has 1 unspecified atom stereocenters. The van der Waals surface area contributed by atoms with Crippen molar-refractivity contribution in [3.05, 3.63) is 26.6 Å². The molecule has 0 bridgehead atoms. The number of rotatable bonds is 3. The van der Waals surface area contributed by atoms with Crippen molar-refractivity contribution in [3.8, 4) is 5.75 Å². The minimum absolute atomic E-state index is 0. The fourth-order valence-electron chi connectivity index (χ4n) is 2.36. The van der Waals surface area contributed by atoms with Crippen LogP contribution in [0.2, 0.25) is 0 Å². The Hall–Kier alpha value is 0.190. The van der Waals surface area contributed by atoms with Crippen LogP contribution >= 0.6 is 44.3 Å². The molecule has 1 N–H and O–H groups in total. The Bertz CT molecular complexity index is 431. The number of nitrogens with zero attached hydrogens (tertiary/aromatic N) is 1. The smallest absolute Gasteiger partial charge is 0.137 e. The molecule has 0 radical (unpaired) electrons. The fourth-order valence-corrected chi connectivity index (χ4v) is 3.83. The van der Waals surface area contributed by atoms with Crippen molar-refractivity contribution in [2.75, 3.05) is 26.7 Å². The summed E-state index contributed by atoms with van der Waals surface area (Å²) in [6.45, 7) is 6.36. The molecule has 0 amide bonds. The van der Waals surface area contributed by atoms with Gasteiger partial charge in [-0.1, -0.05) is 15.9 Å².